The van der Waals surface area contributed by atoms with Crippen LogP contribution in [0.25, 0.3) is 0 Å². The quantitative estimate of drug-likeness (QED) is 0.613. The van der Waals surface area contributed by atoms with Gasteiger partial charge in [0.1, 0.15) is 17.2 Å². The Morgan fingerprint density at radius 3 is 2.27 bits per heavy atom. The first-order chi connectivity index (χ1) is 12.6. The Bertz CT molecular complexity index is 1010. The maximum absolute atomic E-state index is 12.3. The minimum Gasteiger partial charge on any atom is -0.457 e. The largest absolute Gasteiger partial charge is 0.457 e. The second kappa shape index (κ2) is 6.77. The molecule has 3 aromatic rings. The van der Waals surface area contributed by atoms with E-state index in [0.717, 1.165) is 27.0 Å². The molecule has 1 aliphatic rings. The van der Waals surface area contributed by atoms with Gasteiger partial charge in [-0.3, -0.25) is 4.79 Å². The third-order valence-electron chi connectivity index (χ3n) is 4.11. The van der Waals surface area contributed by atoms with Gasteiger partial charge in [-0.05, 0) is 61.0 Å². The van der Waals surface area contributed by atoms with Crippen LogP contribution in [0.5, 0.6) is 11.5 Å². The number of hydrogen-bond acceptors (Lipinski definition) is 3. The SMILES string of the molecule is Cc1cccc2c1NC(=O)C2=Nc1ccc(Oc2ccc(Br)cc2)cc1. The Morgan fingerprint density at radius 2 is 1.58 bits per heavy atom. The Morgan fingerprint density at radius 1 is 0.923 bits per heavy atom. The van der Waals surface area contributed by atoms with Crippen molar-refractivity contribution < 1.29 is 9.53 Å². The smallest absolute Gasteiger partial charge is 0.275 e. The number of benzene rings is 3. The summed E-state index contributed by atoms with van der Waals surface area (Å²) in [5.74, 6) is 1.29. The zero-order chi connectivity index (χ0) is 18.1. The molecule has 1 aliphatic heterocycles. The Balaban J connectivity index is 1.58. The van der Waals surface area contributed by atoms with E-state index in [-0.39, 0.29) is 5.91 Å². The summed E-state index contributed by atoms with van der Waals surface area (Å²) in [6.45, 7) is 1.97. The predicted molar refractivity (Wildman–Crippen MR) is 107 cm³/mol. The lowest BCUT2D eigenvalue weighted by atomic mass is 10.1. The standard InChI is InChI=1S/C21H15BrN2O2/c1-13-3-2-4-18-19(13)24-21(25)20(18)23-15-7-11-17(12-8-15)26-16-9-5-14(22)6-10-16/h2-12H,1H3,(H,23,24,25). The molecule has 0 radical (unpaired) electrons. The molecular formula is C21H15BrN2O2. The average Bonchev–Trinajstić information content (AvgIpc) is 2.96. The molecule has 4 rings (SSSR count). The summed E-state index contributed by atoms with van der Waals surface area (Å²) >= 11 is 3.40. The van der Waals surface area contributed by atoms with Crippen LogP contribution in [0.3, 0.4) is 0 Å². The van der Waals surface area contributed by atoms with Crippen LogP contribution < -0.4 is 10.1 Å². The van der Waals surface area contributed by atoms with Crippen molar-refractivity contribution in [1.82, 2.24) is 0 Å². The molecule has 0 bridgehead atoms. The van der Waals surface area contributed by atoms with Gasteiger partial charge in [-0.15, -0.1) is 0 Å². The van der Waals surface area contributed by atoms with E-state index in [1.165, 1.54) is 0 Å². The molecule has 0 unspecified atom stereocenters. The number of hydrogen-bond donors (Lipinski definition) is 1. The van der Waals surface area contributed by atoms with Gasteiger partial charge in [-0.1, -0.05) is 34.1 Å². The highest BCUT2D eigenvalue weighted by atomic mass is 79.9. The van der Waals surface area contributed by atoms with E-state index in [9.17, 15) is 4.79 Å². The van der Waals surface area contributed by atoms with Crippen LogP contribution in [0.4, 0.5) is 11.4 Å². The lowest BCUT2D eigenvalue weighted by Gasteiger charge is -2.06. The van der Waals surface area contributed by atoms with Crippen LogP contribution in [0, 0.1) is 6.92 Å². The first kappa shape index (κ1) is 16.5. The molecule has 0 atom stereocenters. The molecule has 0 saturated heterocycles. The van der Waals surface area contributed by atoms with Gasteiger partial charge in [0.2, 0.25) is 0 Å². The third kappa shape index (κ3) is 3.26. The predicted octanol–water partition coefficient (Wildman–Crippen LogP) is 5.62. The molecule has 0 spiro atoms. The van der Waals surface area contributed by atoms with E-state index in [2.05, 4.69) is 26.2 Å². The van der Waals surface area contributed by atoms with E-state index in [1.54, 1.807) is 0 Å². The highest BCUT2D eigenvalue weighted by Crippen LogP contribution is 2.30. The maximum Gasteiger partial charge on any atom is 0.275 e. The van der Waals surface area contributed by atoms with E-state index < -0.39 is 0 Å². The van der Waals surface area contributed by atoms with Crippen LogP contribution in [-0.4, -0.2) is 11.6 Å². The van der Waals surface area contributed by atoms with Crippen LogP contribution in [0.2, 0.25) is 0 Å². The third-order valence-corrected chi connectivity index (χ3v) is 4.64. The monoisotopic (exact) mass is 406 g/mol. The van der Waals surface area contributed by atoms with Crippen molar-refractivity contribution in [2.75, 3.05) is 5.32 Å². The molecule has 1 heterocycles. The Kier molecular flexibility index (Phi) is 4.31. The lowest BCUT2D eigenvalue weighted by Crippen LogP contribution is -2.13. The maximum atomic E-state index is 12.3. The van der Waals surface area contributed by atoms with Crippen molar-refractivity contribution >= 4 is 38.9 Å². The van der Waals surface area contributed by atoms with Crippen molar-refractivity contribution in [3.05, 3.63) is 82.3 Å². The zero-order valence-corrected chi connectivity index (χ0v) is 15.6. The lowest BCUT2D eigenvalue weighted by molar-refractivity contribution is -0.110. The van der Waals surface area contributed by atoms with E-state index in [4.69, 9.17) is 4.74 Å². The Labute approximate surface area is 159 Å². The summed E-state index contributed by atoms with van der Waals surface area (Å²) in [6, 6.07) is 20.8. The number of aliphatic imine (C=N–C) groups is 1. The molecule has 0 saturated carbocycles. The van der Waals surface area contributed by atoms with Crippen molar-refractivity contribution in [2.24, 2.45) is 4.99 Å². The van der Waals surface area contributed by atoms with Crippen molar-refractivity contribution in [3.8, 4) is 11.5 Å². The molecule has 5 heteroatoms. The van der Waals surface area contributed by atoms with Crippen LogP contribution >= 0.6 is 15.9 Å². The summed E-state index contributed by atoms with van der Waals surface area (Å²) in [5.41, 5.74) is 3.84. The fourth-order valence-electron chi connectivity index (χ4n) is 2.79. The van der Waals surface area contributed by atoms with Crippen molar-refractivity contribution in [3.63, 3.8) is 0 Å². The fourth-order valence-corrected chi connectivity index (χ4v) is 3.06. The van der Waals surface area contributed by atoms with Gasteiger partial charge in [0.05, 0.1) is 11.4 Å². The molecule has 0 aromatic heterocycles. The molecule has 0 aliphatic carbocycles. The number of rotatable bonds is 3. The number of fused-ring (bicyclic) bond motifs is 1. The summed E-state index contributed by atoms with van der Waals surface area (Å²) < 4.78 is 6.80. The number of para-hydroxylation sites is 1. The average molecular weight is 407 g/mol. The van der Waals surface area contributed by atoms with Gasteiger partial charge in [-0.25, -0.2) is 4.99 Å². The molecule has 1 N–H and O–H groups in total. The summed E-state index contributed by atoms with van der Waals surface area (Å²) in [6.07, 6.45) is 0. The number of carbonyl (C=O) groups is 1. The number of amides is 1. The van der Waals surface area contributed by atoms with E-state index in [1.807, 2.05) is 73.7 Å². The second-order valence-electron chi connectivity index (χ2n) is 5.96. The molecule has 26 heavy (non-hydrogen) atoms. The van der Waals surface area contributed by atoms with Gasteiger partial charge in [0.15, 0.2) is 0 Å². The number of anilines is 1. The summed E-state index contributed by atoms with van der Waals surface area (Å²) in [5, 5.41) is 2.89. The first-order valence-corrected chi connectivity index (χ1v) is 8.93. The number of nitrogens with zero attached hydrogens (tertiary/aromatic N) is 1. The molecule has 4 nitrogen and oxygen atoms in total. The normalized spacial score (nSPS) is 14.2. The molecular weight excluding hydrogens is 392 g/mol. The van der Waals surface area contributed by atoms with Gasteiger partial charge >= 0.3 is 0 Å². The van der Waals surface area contributed by atoms with E-state index in [0.29, 0.717) is 17.1 Å². The number of nitrogens with one attached hydrogen (secondary N) is 1. The molecule has 0 fully saturated rings. The minimum absolute atomic E-state index is 0.176. The summed E-state index contributed by atoms with van der Waals surface area (Å²) in [7, 11) is 0. The Hall–Kier alpha value is -2.92. The number of aryl methyl sites for hydroxylation is 1. The molecule has 1 amide bonds. The minimum atomic E-state index is -0.176. The van der Waals surface area contributed by atoms with Crippen molar-refractivity contribution in [1.29, 1.82) is 0 Å². The van der Waals surface area contributed by atoms with Gasteiger partial charge in [0, 0.05) is 10.0 Å². The second-order valence-corrected chi connectivity index (χ2v) is 6.88. The fraction of sp³-hybridized carbons (Fsp3) is 0.0476. The van der Waals surface area contributed by atoms with E-state index >= 15 is 0 Å². The number of carbonyl (C=O) groups excluding carboxylic acids is 1. The van der Waals surface area contributed by atoms with Gasteiger partial charge < -0.3 is 10.1 Å². The summed E-state index contributed by atoms with van der Waals surface area (Å²) in [4.78, 5) is 16.8. The molecule has 128 valence electrons. The van der Waals surface area contributed by atoms with Crippen LogP contribution in [0.1, 0.15) is 11.1 Å². The topological polar surface area (TPSA) is 50.7 Å². The highest BCUT2D eigenvalue weighted by molar-refractivity contribution is 9.10. The van der Waals surface area contributed by atoms with Crippen LogP contribution in [-0.2, 0) is 4.79 Å². The first-order valence-electron chi connectivity index (χ1n) is 8.14. The van der Waals surface area contributed by atoms with Crippen molar-refractivity contribution in [2.45, 2.75) is 6.92 Å². The van der Waals surface area contributed by atoms with Gasteiger partial charge in [-0.2, -0.15) is 0 Å². The van der Waals surface area contributed by atoms with Crippen LogP contribution in [0.15, 0.2) is 76.2 Å². The highest BCUT2D eigenvalue weighted by Gasteiger charge is 2.26. The van der Waals surface area contributed by atoms with Gasteiger partial charge in [0.25, 0.3) is 5.91 Å². The number of ether oxygens (including phenoxy) is 1. The molecule has 3 aromatic carbocycles. The zero-order valence-electron chi connectivity index (χ0n) is 14.0. The number of halogens is 1.